The summed E-state index contributed by atoms with van der Waals surface area (Å²) in [5, 5.41) is 0. The van der Waals surface area contributed by atoms with Gasteiger partial charge in [-0.2, -0.15) is 0 Å². The Bertz CT molecular complexity index is 555. The van der Waals surface area contributed by atoms with Gasteiger partial charge in [0.25, 0.3) is 0 Å². The average Bonchev–Trinajstić information content (AvgIpc) is 2.35. The minimum atomic E-state index is -0.248. The molecule has 1 heterocycles. The van der Waals surface area contributed by atoms with Gasteiger partial charge in [0.1, 0.15) is 17.9 Å². The number of ketones is 1. The van der Waals surface area contributed by atoms with Crippen LogP contribution in [0.25, 0.3) is 0 Å². The van der Waals surface area contributed by atoms with Crippen LogP contribution in [0.1, 0.15) is 16.7 Å². The molecule has 0 aliphatic heterocycles. The minimum absolute atomic E-state index is 0.0656. The lowest BCUT2D eigenvalue weighted by molar-refractivity contribution is -0.117. The van der Waals surface area contributed by atoms with Crippen LogP contribution in [0.5, 0.6) is 0 Å². The van der Waals surface area contributed by atoms with Gasteiger partial charge in [0.15, 0.2) is 0 Å². The number of Topliss-reactive ketones (excluding diaryl/α,β-unsaturated/α-hetero) is 1. The summed E-state index contributed by atoms with van der Waals surface area (Å²) in [5.41, 5.74) is 2.18. The molecule has 0 saturated carbocycles. The fourth-order valence-electron chi connectivity index (χ4n) is 1.76. The van der Waals surface area contributed by atoms with Crippen molar-refractivity contribution in [2.75, 3.05) is 0 Å². The first kappa shape index (κ1) is 12.4. The number of carbonyl (C=O) groups excluding carboxylic acids is 1. The van der Waals surface area contributed by atoms with E-state index < -0.39 is 0 Å². The van der Waals surface area contributed by atoms with Gasteiger partial charge in [0.05, 0.1) is 0 Å². The fourth-order valence-corrected chi connectivity index (χ4v) is 1.76. The monoisotopic (exact) mass is 244 g/mol. The molecule has 0 unspecified atom stereocenters. The molecule has 0 bridgehead atoms. The third-order valence-electron chi connectivity index (χ3n) is 2.64. The van der Waals surface area contributed by atoms with E-state index in [0.29, 0.717) is 18.4 Å². The second kappa shape index (κ2) is 5.49. The third kappa shape index (κ3) is 3.20. The number of halogens is 1. The van der Waals surface area contributed by atoms with Gasteiger partial charge in [0, 0.05) is 25.2 Å². The molecular formula is C14H13FN2O. The zero-order valence-electron chi connectivity index (χ0n) is 10.1. The van der Waals surface area contributed by atoms with E-state index in [4.69, 9.17) is 0 Å². The highest BCUT2D eigenvalue weighted by molar-refractivity contribution is 5.82. The predicted molar refractivity (Wildman–Crippen MR) is 65.6 cm³/mol. The van der Waals surface area contributed by atoms with Crippen molar-refractivity contribution in [1.29, 1.82) is 0 Å². The maximum absolute atomic E-state index is 13.1. The molecular weight excluding hydrogens is 231 g/mol. The number of benzene rings is 1. The topological polar surface area (TPSA) is 42.9 Å². The number of hydrogen-bond donors (Lipinski definition) is 0. The quantitative estimate of drug-likeness (QED) is 0.828. The second-order valence-corrected chi connectivity index (χ2v) is 4.22. The number of rotatable bonds is 4. The van der Waals surface area contributed by atoms with Crippen LogP contribution in [-0.4, -0.2) is 15.8 Å². The number of carbonyl (C=O) groups is 1. The zero-order valence-corrected chi connectivity index (χ0v) is 10.1. The van der Waals surface area contributed by atoms with Gasteiger partial charge in [-0.3, -0.25) is 4.79 Å². The normalized spacial score (nSPS) is 10.3. The molecule has 3 nitrogen and oxygen atoms in total. The Kier molecular flexibility index (Phi) is 3.77. The maximum atomic E-state index is 13.1. The first-order valence-corrected chi connectivity index (χ1v) is 5.66. The summed E-state index contributed by atoms with van der Waals surface area (Å²) in [6, 6.07) is 4.74. The van der Waals surface area contributed by atoms with Crippen molar-refractivity contribution >= 4 is 5.78 Å². The summed E-state index contributed by atoms with van der Waals surface area (Å²) >= 11 is 0. The Morgan fingerprint density at radius 2 is 1.83 bits per heavy atom. The number of aryl methyl sites for hydroxylation is 1. The number of hydrogen-bond acceptors (Lipinski definition) is 3. The van der Waals surface area contributed by atoms with Crippen LogP contribution in [-0.2, 0) is 17.6 Å². The third-order valence-corrected chi connectivity index (χ3v) is 2.64. The molecule has 0 fully saturated rings. The van der Waals surface area contributed by atoms with Gasteiger partial charge >= 0.3 is 0 Å². The minimum Gasteiger partial charge on any atom is -0.299 e. The average molecular weight is 244 g/mol. The molecule has 1 aromatic heterocycles. The Hall–Kier alpha value is -2.10. The molecule has 2 rings (SSSR count). The van der Waals surface area contributed by atoms with E-state index in [1.54, 1.807) is 31.5 Å². The summed E-state index contributed by atoms with van der Waals surface area (Å²) in [7, 11) is 0. The molecule has 18 heavy (non-hydrogen) atoms. The lowest BCUT2D eigenvalue weighted by Crippen LogP contribution is -2.07. The van der Waals surface area contributed by atoms with Gasteiger partial charge in [-0.1, -0.05) is 12.1 Å². The molecule has 0 saturated heterocycles. The highest BCUT2D eigenvalue weighted by atomic mass is 19.1. The molecule has 1 aromatic carbocycles. The van der Waals surface area contributed by atoms with E-state index in [2.05, 4.69) is 9.97 Å². The van der Waals surface area contributed by atoms with Crippen LogP contribution in [0.2, 0.25) is 0 Å². The van der Waals surface area contributed by atoms with Crippen molar-refractivity contribution in [3.63, 3.8) is 0 Å². The molecule has 0 amide bonds. The van der Waals surface area contributed by atoms with E-state index in [1.165, 1.54) is 12.4 Å². The van der Waals surface area contributed by atoms with Crippen molar-refractivity contribution < 1.29 is 9.18 Å². The Morgan fingerprint density at radius 1 is 1.17 bits per heavy atom. The van der Waals surface area contributed by atoms with E-state index in [9.17, 15) is 9.18 Å². The standard InChI is InChI=1S/C14H13FN2O/c1-10-4-11(2-3-14(10)15)5-13(18)6-12-7-16-9-17-8-12/h2-4,7-9H,5-6H2,1H3. The van der Waals surface area contributed by atoms with Crippen molar-refractivity contribution in [3.8, 4) is 0 Å². The van der Waals surface area contributed by atoms with E-state index in [-0.39, 0.29) is 11.6 Å². The summed E-state index contributed by atoms with van der Waals surface area (Å²) in [4.78, 5) is 19.5. The van der Waals surface area contributed by atoms with E-state index in [0.717, 1.165) is 11.1 Å². The summed E-state index contributed by atoms with van der Waals surface area (Å²) in [6.07, 6.45) is 5.28. The molecule has 4 heteroatoms. The molecule has 0 radical (unpaired) electrons. The van der Waals surface area contributed by atoms with Crippen LogP contribution in [0, 0.1) is 12.7 Å². The van der Waals surface area contributed by atoms with Gasteiger partial charge in [-0.25, -0.2) is 14.4 Å². The maximum Gasteiger partial charge on any atom is 0.141 e. The Labute approximate surface area is 105 Å². The molecule has 0 atom stereocenters. The largest absolute Gasteiger partial charge is 0.299 e. The van der Waals surface area contributed by atoms with Gasteiger partial charge in [-0.15, -0.1) is 0 Å². The highest BCUT2D eigenvalue weighted by Gasteiger charge is 2.07. The lowest BCUT2D eigenvalue weighted by atomic mass is 10.0. The first-order chi connectivity index (χ1) is 8.65. The predicted octanol–water partition coefficient (Wildman–Crippen LogP) is 2.28. The molecule has 92 valence electrons. The molecule has 2 aromatic rings. The Morgan fingerprint density at radius 3 is 2.50 bits per heavy atom. The second-order valence-electron chi connectivity index (χ2n) is 4.22. The first-order valence-electron chi connectivity index (χ1n) is 5.66. The SMILES string of the molecule is Cc1cc(CC(=O)Cc2cncnc2)ccc1F. The lowest BCUT2D eigenvalue weighted by Gasteiger charge is -2.03. The summed E-state index contributed by atoms with van der Waals surface area (Å²) in [6.45, 7) is 1.69. The van der Waals surface area contributed by atoms with Crippen molar-refractivity contribution in [2.45, 2.75) is 19.8 Å². The molecule has 0 aliphatic carbocycles. The van der Waals surface area contributed by atoms with Crippen LogP contribution in [0.4, 0.5) is 4.39 Å². The van der Waals surface area contributed by atoms with Crippen LogP contribution in [0.3, 0.4) is 0 Å². The van der Waals surface area contributed by atoms with Gasteiger partial charge in [0.2, 0.25) is 0 Å². The van der Waals surface area contributed by atoms with Gasteiger partial charge < -0.3 is 0 Å². The summed E-state index contributed by atoms with van der Waals surface area (Å²) < 4.78 is 13.1. The Balaban J connectivity index is 2.01. The van der Waals surface area contributed by atoms with Gasteiger partial charge in [-0.05, 0) is 29.7 Å². The van der Waals surface area contributed by atoms with Crippen molar-refractivity contribution in [1.82, 2.24) is 9.97 Å². The van der Waals surface area contributed by atoms with Crippen molar-refractivity contribution in [3.05, 3.63) is 59.4 Å². The fraction of sp³-hybridized carbons (Fsp3) is 0.214. The zero-order chi connectivity index (χ0) is 13.0. The van der Waals surface area contributed by atoms with Crippen molar-refractivity contribution in [2.24, 2.45) is 0 Å². The van der Waals surface area contributed by atoms with E-state index >= 15 is 0 Å². The molecule has 0 aliphatic rings. The summed E-state index contributed by atoms with van der Waals surface area (Å²) in [5.74, 6) is -0.182. The number of aromatic nitrogens is 2. The van der Waals surface area contributed by atoms with Crippen LogP contribution < -0.4 is 0 Å². The molecule has 0 N–H and O–H groups in total. The smallest absolute Gasteiger partial charge is 0.141 e. The van der Waals surface area contributed by atoms with Crippen LogP contribution in [0.15, 0.2) is 36.9 Å². The van der Waals surface area contributed by atoms with Crippen LogP contribution >= 0.6 is 0 Å². The highest BCUT2D eigenvalue weighted by Crippen LogP contribution is 2.11. The number of nitrogens with zero attached hydrogens (tertiary/aromatic N) is 2. The molecule has 0 spiro atoms. The van der Waals surface area contributed by atoms with E-state index in [1.807, 2.05) is 0 Å².